The van der Waals surface area contributed by atoms with E-state index in [-0.39, 0.29) is 17.9 Å². The molecule has 0 bridgehead atoms. The standard InChI is InChI=1S/C20H22N2O6S/c1-27-18-11-6-13(12-16(18)23)17(4-3-5-19(24)22-26)28-20(25)21-14-7-9-15(29-2)10-8-14/h3,5-12,17,23,26H,4H2,1-2H3,(H,21,25)(H,22,24)/b5-3+/t17-/m1/s1. The van der Waals surface area contributed by atoms with Crippen molar-refractivity contribution in [2.45, 2.75) is 17.4 Å². The maximum atomic E-state index is 12.3. The molecule has 0 aliphatic carbocycles. The van der Waals surface area contributed by atoms with Gasteiger partial charge in [0.05, 0.1) is 7.11 Å². The summed E-state index contributed by atoms with van der Waals surface area (Å²) in [6.45, 7) is 0. The van der Waals surface area contributed by atoms with Crippen LogP contribution in [0.15, 0.2) is 59.5 Å². The zero-order valence-electron chi connectivity index (χ0n) is 15.9. The van der Waals surface area contributed by atoms with E-state index in [1.807, 2.05) is 18.4 Å². The summed E-state index contributed by atoms with van der Waals surface area (Å²) in [6.07, 6.45) is 3.16. The normalized spacial score (nSPS) is 11.7. The van der Waals surface area contributed by atoms with Gasteiger partial charge in [-0.05, 0) is 48.2 Å². The molecule has 2 aromatic carbocycles. The lowest BCUT2D eigenvalue weighted by Crippen LogP contribution is -2.18. The first-order chi connectivity index (χ1) is 14.0. The third-order valence-electron chi connectivity index (χ3n) is 3.89. The summed E-state index contributed by atoms with van der Waals surface area (Å²) in [4.78, 5) is 24.6. The lowest BCUT2D eigenvalue weighted by Gasteiger charge is -2.18. The van der Waals surface area contributed by atoms with Crippen LogP contribution < -0.4 is 15.5 Å². The van der Waals surface area contributed by atoms with Crippen LogP contribution in [0.1, 0.15) is 18.1 Å². The molecule has 0 saturated heterocycles. The van der Waals surface area contributed by atoms with Crippen LogP contribution in [0.4, 0.5) is 10.5 Å². The van der Waals surface area contributed by atoms with Crippen molar-refractivity contribution in [1.82, 2.24) is 5.48 Å². The summed E-state index contributed by atoms with van der Waals surface area (Å²) >= 11 is 1.59. The molecule has 2 aromatic rings. The Balaban J connectivity index is 2.14. The van der Waals surface area contributed by atoms with Gasteiger partial charge in [-0.15, -0.1) is 11.8 Å². The molecule has 9 heteroatoms. The number of hydroxylamine groups is 1. The number of carbonyl (C=O) groups is 2. The fraction of sp³-hybridized carbons (Fsp3) is 0.200. The number of rotatable bonds is 8. The van der Waals surface area contributed by atoms with E-state index < -0.39 is 18.1 Å². The summed E-state index contributed by atoms with van der Waals surface area (Å²) in [6, 6.07) is 11.9. The van der Waals surface area contributed by atoms with Crippen molar-refractivity contribution in [3.05, 3.63) is 60.2 Å². The van der Waals surface area contributed by atoms with Crippen molar-refractivity contribution in [2.75, 3.05) is 18.7 Å². The van der Waals surface area contributed by atoms with Crippen LogP contribution in [0.3, 0.4) is 0 Å². The zero-order valence-corrected chi connectivity index (χ0v) is 16.7. The Hall–Kier alpha value is -3.17. The van der Waals surface area contributed by atoms with E-state index >= 15 is 0 Å². The van der Waals surface area contributed by atoms with E-state index in [1.54, 1.807) is 36.0 Å². The van der Waals surface area contributed by atoms with Crippen LogP contribution in [0.25, 0.3) is 0 Å². The van der Waals surface area contributed by atoms with Gasteiger partial charge >= 0.3 is 6.09 Å². The largest absolute Gasteiger partial charge is 0.504 e. The van der Waals surface area contributed by atoms with Crippen LogP contribution in [-0.2, 0) is 9.53 Å². The van der Waals surface area contributed by atoms with Gasteiger partial charge in [0.25, 0.3) is 5.91 Å². The van der Waals surface area contributed by atoms with Crippen LogP contribution in [0, 0.1) is 0 Å². The molecule has 0 heterocycles. The predicted molar refractivity (Wildman–Crippen MR) is 109 cm³/mol. The molecule has 2 rings (SSSR count). The van der Waals surface area contributed by atoms with Crippen LogP contribution in [0.2, 0.25) is 0 Å². The number of aromatic hydroxyl groups is 1. The molecule has 154 valence electrons. The van der Waals surface area contributed by atoms with E-state index in [2.05, 4.69) is 5.32 Å². The van der Waals surface area contributed by atoms with Crippen molar-refractivity contribution in [1.29, 1.82) is 0 Å². The van der Waals surface area contributed by atoms with Crippen molar-refractivity contribution in [2.24, 2.45) is 0 Å². The average molecular weight is 418 g/mol. The monoisotopic (exact) mass is 418 g/mol. The third kappa shape index (κ3) is 6.74. The molecule has 29 heavy (non-hydrogen) atoms. The Kier molecular flexibility index (Phi) is 8.38. The first-order valence-corrected chi connectivity index (χ1v) is 9.78. The molecular formula is C20H22N2O6S. The number of methoxy groups -OCH3 is 1. The Morgan fingerprint density at radius 2 is 1.93 bits per heavy atom. The lowest BCUT2D eigenvalue weighted by atomic mass is 10.1. The number of benzene rings is 2. The molecule has 0 spiro atoms. The highest BCUT2D eigenvalue weighted by Crippen LogP contribution is 2.32. The fourth-order valence-corrected chi connectivity index (χ4v) is 2.85. The molecule has 0 fully saturated rings. The number of hydrogen-bond acceptors (Lipinski definition) is 7. The molecule has 2 amide bonds. The molecule has 0 aliphatic heterocycles. The number of phenolic OH excluding ortho intramolecular Hbond substituents is 1. The molecule has 1 atom stereocenters. The molecular weight excluding hydrogens is 396 g/mol. The first-order valence-electron chi connectivity index (χ1n) is 8.56. The van der Waals surface area contributed by atoms with E-state index in [0.717, 1.165) is 11.0 Å². The minimum absolute atomic E-state index is 0.108. The van der Waals surface area contributed by atoms with Crippen molar-refractivity contribution < 1.29 is 29.4 Å². The van der Waals surface area contributed by atoms with Gasteiger partial charge in [-0.2, -0.15) is 0 Å². The summed E-state index contributed by atoms with van der Waals surface area (Å²) in [5, 5.41) is 21.2. The predicted octanol–water partition coefficient (Wildman–Crippen LogP) is 3.86. The van der Waals surface area contributed by atoms with Gasteiger partial charge in [0.1, 0.15) is 6.10 Å². The number of hydrogen-bond donors (Lipinski definition) is 4. The quantitative estimate of drug-likeness (QED) is 0.222. The van der Waals surface area contributed by atoms with E-state index in [0.29, 0.717) is 11.3 Å². The van der Waals surface area contributed by atoms with Gasteiger partial charge in [0, 0.05) is 23.1 Å². The molecule has 0 radical (unpaired) electrons. The molecule has 0 saturated carbocycles. The number of carbonyl (C=O) groups excluding carboxylic acids is 2. The Bertz CT molecular complexity index is 870. The Labute approximate surface area is 172 Å². The van der Waals surface area contributed by atoms with Crippen LogP contribution in [-0.4, -0.2) is 35.7 Å². The SMILES string of the molecule is COc1ccc([C@@H](C/C=C/C(=O)NO)OC(=O)Nc2ccc(SC)cc2)cc1O. The molecule has 0 aliphatic rings. The fourth-order valence-electron chi connectivity index (χ4n) is 2.45. The van der Waals surface area contributed by atoms with E-state index in [9.17, 15) is 14.7 Å². The van der Waals surface area contributed by atoms with Crippen LogP contribution >= 0.6 is 11.8 Å². The number of anilines is 1. The van der Waals surface area contributed by atoms with Gasteiger partial charge in [0.2, 0.25) is 0 Å². The third-order valence-corrected chi connectivity index (χ3v) is 4.63. The average Bonchev–Trinajstić information content (AvgIpc) is 2.73. The van der Waals surface area contributed by atoms with Gasteiger partial charge in [-0.3, -0.25) is 15.3 Å². The van der Waals surface area contributed by atoms with Crippen LogP contribution in [0.5, 0.6) is 11.5 Å². The second-order valence-electron chi connectivity index (χ2n) is 5.79. The first kappa shape index (κ1) is 22.1. The number of amides is 2. The summed E-state index contributed by atoms with van der Waals surface area (Å²) in [5.74, 6) is -0.538. The smallest absolute Gasteiger partial charge is 0.412 e. The maximum Gasteiger partial charge on any atom is 0.412 e. The maximum absolute atomic E-state index is 12.3. The summed E-state index contributed by atoms with van der Waals surface area (Å²) in [5.41, 5.74) is 2.56. The van der Waals surface area contributed by atoms with E-state index in [4.69, 9.17) is 14.7 Å². The highest BCUT2D eigenvalue weighted by Gasteiger charge is 2.18. The minimum Gasteiger partial charge on any atom is -0.504 e. The number of thioether (sulfide) groups is 1. The van der Waals surface area contributed by atoms with Crippen molar-refractivity contribution >= 4 is 29.4 Å². The lowest BCUT2D eigenvalue weighted by molar-refractivity contribution is -0.124. The van der Waals surface area contributed by atoms with Gasteiger partial charge in [-0.1, -0.05) is 12.1 Å². The highest BCUT2D eigenvalue weighted by atomic mass is 32.2. The number of ether oxygens (including phenoxy) is 2. The highest BCUT2D eigenvalue weighted by molar-refractivity contribution is 7.98. The Morgan fingerprint density at radius 1 is 1.21 bits per heavy atom. The molecule has 0 aromatic heterocycles. The summed E-state index contributed by atoms with van der Waals surface area (Å²) in [7, 11) is 1.43. The second kappa shape index (κ2) is 11.0. The molecule has 4 N–H and O–H groups in total. The number of phenols is 1. The van der Waals surface area contributed by atoms with Gasteiger partial charge < -0.3 is 14.6 Å². The van der Waals surface area contributed by atoms with Crippen molar-refractivity contribution in [3.63, 3.8) is 0 Å². The Morgan fingerprint density at radius 3 is 2.52 bits per heavy atom. The zero-order chi connectivity index (χ0) is 21.2. The molecule has 0 unspecified atom stereocenters. The number of nitrogens with one attached hydrogen (secondary N) is 2. The topological polar surface area (TPSA) is 117 Å². The van der Waals surface area contributed by atoms with Gasteiger partial charge in [-0.25, -0.2) is 10.3 Å². The minimum atomic E-state index is -0.792. The second-order valence-corrected chi connectivity index (χ2v) is 6.67. The van der Waals surface area contributed by atoms with Crippen molar-refractivity contribution in [3.8, 4) is 11.5 Å². The summed E-state index contributed by atoms with van der Waals surface area (Å²) < 4.78 is 10.5. The van der Waals surface area contributed by atoms with E-state index in [1.165, 1.54) is 24.7 Å². The van der Waals surface area contributed by atoms with Gasteiger partial charge in [0.15, 0.2) is 11.5 Å². The molecule has 8 nitrogen and oxygen atoms in total.